The van der Waals surface area contributed by atoms with Gasteiger partial charge in [-0.05, 0) is 28.4 Å². The number of halogens is 1. The third-order valence-corrected chi connectivity index (χ3v) is 6.31. The maximum atomic E-state index is 13.0. The Bertz CT molecular complexity index is 1400. The number of aromatic amines is 1. The highest BCUT2D eigenvalue weighted by molar-refractivity contribution is 9.10. The lowest BCUT2D eigenvalue weighted by atomic mass is 10.1. The average molecular weight is 540 g/mol. The minimum Gasteiger partial charge on any atom is -0.489 e. The van der Waals surface area contributed by atoms with Crippen LogP contribution in [0.3, 0.4) is 0 Å². The Morgan fingerprint density at radius 1 is 1.31 bits per heavy atom. The molecule has 0 bridgehead atoms. The highest BCUT2D eigenvalue weighted by atomic mass is 79.9. The average Bonchev–Trinajstić information content (AvgIpc) is 3.41. The Kier molecular flexibility index (Phi) is 7.15. The number of rotatable bonds is 9. The smallest absolute Gasteiger partial charge is 0.274 e. The van der Waals surface area contributed by atoms with Crippen molar-refractivity contribution >= 4 is 38.8 Å². The molecular weight excluding hydrogens is 514 g/mol. The summed E-state index contributed by atoms with van der Waals surface area (Å²) in [7, 11) is 5.10. The minimum atomic E-state index is -0.191. The Labute approximate surface area is 211 Å². The van der Waals surface area contributed by atoms with E-state index in [0.29, 0.717) is 39.7 Å². The fraction of sp³-hybridized carbons (Fsp3) is 0.292. The van der Waals surface area contributed by atoms with Gasteiger partial charge in [0.15, 0.2) is 5.69 Å². The zero-order valence-electron chi connectivity index (χ0n) is 20.0. The largest absolute Gasteiger partial charge is 0.489 e. The van der Waals surface area contributed by atoms with Crippen LogP contribution in [0, 0.1) is 0 Å². The number of aryl methyl sites for hydroxylation is 1. The van der Waals surface area contributed by atoms with Crippen LogP contribution in [0.2, 0.25) is 0 Å². The van der Waals surface area contributed by atoms with E-state index in [0.717, 1.165) is 28.6 Å². The van der Waals surface area contributed by atoms with Crippen molar-refractivity contribution < 1.29 is 14.3 Å². The first-order valence-corrected chi connectivity index (χ1v) is 11.8. The zero-order valence-corrected chi connectivity index (χ0v) is 21.6. The minimum absolute atomic E-state index is 0.191. The first-order chi connectivity index (χ1) is 16.9. The summed E-state index contributed by atoms with van der Waals surface area (Å²) >= 11 is 3.44. The Hall–Kier alpha value is -3.73. The van der Waals surface area contributed by atoms with Gasteiger partial charge in [-0.25, -0.2) is 4.98 Å². The topological polar surface area (TPSA) is 111 Å². The number of hydrogen-bond donors (Lipinski definition) is 1. The van der Waals surface area contributed by atoms with Crippen molar-refractivity contribution in [3.05, 3.63) is 52.7 Å². The summed E-state index contributed by atoms with van der Waals surface area (Å²) in [6.45, 7) is 6.47. The molecule has 4 aromatic heterocycles. The van der Waals surface area contributed by atoms with Crippen LogP contribution in [0.4, 0.5) is 0 Å². The Balaban J connectivity index is 1.52. The molecule has 4 rings (SSSR count). The first-order valence-electron chi connectivity index (χ1n) is 11.0. The van der Waals surface area contributed by atoms with Crippen molar-refractivity contribution in [2.75, 3.05) is 27.3 Å². The molecule has 0 saturated carbocycles. The van der Waals surface area contributed by atoms with E-state index in [2.05, 4.69) is 47.8 Å². The number of aromatic nitrogens is 6. The van der Waals surface area contributed by atoms with Gasteiger partial charge in [-0.2, -0.15) is 10.2 Å². The predicted octanol–water partition coefficient (Wildman–Crippen LogP) is 3.88. The second kappa shape index (κ2) is 10.3. The van der Waals surface area contributed by atoms with Gasteiger partial charge in [-0.3, -0.25) is 19.6 Å². The van der Waals surface area contributed by atoms with Crippen molar-refractivity contribution in [3.8, 4) is 22.9 Å². The summed E-state index contributed by atoms with van der Waals surface area (Å²) in [6, 6.07) is 3.67. The third-order valence-electron chi connectivity index (χ3n) is 5.71. The predicted molar refractivity (Wildman–Crippen MR) is 137 cm³/mol. The fourth-order valence-electron chi connectivity index (χ4n) is 3.82. The number of nitrogens with zero attached hydrogens (tertiary/aromatic N) is 6. The fourth-order valence-corrected chi connectivity index (χ4v) is 4.24. The van der Waals surface area contributed by atoms with Crippen molar-refractivity contribution in [1.29, 1.82) is 0 Å². The van der Waals surface area contributed by atoms with E-state index >= 15 is 0 Å². The molecule has 11 heteroatoms. The Morgan fingerprint density at radius 3 is 2.83 bits per heavy atom. The summed E-state index contributed by atoms with van der Waals surface area (Å²) in [5.41, 5.74) is 4.32. The number of fused-ring (bicyclic) bond motifs is 1. The monoisotopic (exact) mass is 539 g/mol. The summed E-state index contributed by atoms with van der Waals surface area (Å²) < 4.78 is 13.8. The maximum Gasteiger partial charge on any atom is 0.274 e. The van der Waals surface area contributed by atoms with Gasteiger partial charge >= 0.3 is 0 Å². The van der Waals surface area contributed by atoms with Crippen molar-refractivity contribution in [2.45, 2.75) is 13.3 Å². The number of carbonyl (C=O) groups excluding carboxylic acids is 1. The van der Waals surface area contributed by atoms with Gasteiger partial charge in [0.25, 0.3) is 5.91 Å². The van der Waals surface area contributed by atoms with Crippen LogP contribution in [0.5, 0.6) is 11.6 Å². The van der Waals surface area contributed by atoms with E-state index < -0.39 is 0 Å². The second-order valence-corrected chi connectivity index (χ2v) is 8.57. The van der Waals surface area contributed by atoms with Gasteiger partial charge in [0, 0.05) is 42.4 Å². The number of H-pyrrole nitrogens is 1. The Morgan fingerprint density at radius 2 is 2.11 bits per heavy atom. The van der Waals surface area contributed by atoms with Gasteiger partial charge in [-0.1, -0.05) is 19.6 Å². The van der Waals surface area contributed by atoms with Crippen molar-refractivity contribution in [2.24, 2.45) is 7.05 Å². The van der Waals surface area contributed by atoms with E-state index in [-0.39, 0.29) is 12.5 Å². The summed E-state index contributed by atoms with van der Waals surface area (Å²) in [5.74, 6) is 0.770. The highest BCUT2D eigenvalue weighted by Crippen LogP contribution is 2.33. The molecule has 4 aromatic rings. The van der Waals surface area contributed by atoms with E-state index in [1.165, 1.54) is 0 Å². The molecule has 0 radical (unpaired) electrons. The molecule has 35 heavy (non-hydrogen) atoms. The molecule has 1 N–H and O–H groups in total. The molecular formula is C24H26BrN7O3. The number of pyridine rings is 2. The first kappa shape index (κ1) is 24.4. The lowest BCUT2D eigenvalue weighted by Gasteiger charge is -2.18. The molecule has 0 atom stereocenters. The van der Waals surface area contributed by atoms with Crippen LogP contribution in [0.15, 0.2) is 35.7 Å². The molecule has 0 fully saturated rings. The normalized spacial score (nSPS) is 11.0. The quantitative estimate of drug-likeness (QED) is 0.343. The SMILES string of the molecule is C=Cc1c(C(=O)N(C)CCOc2cnc(OC)cc2-c2cc3c(Br)n[nH]c3cn2)nn(C)c1CC. The van der Waals surface area contributed by atoms with Crippen LogP contribution in [0.1, 0.15) is 28.7 Å². The highest BCUT2D eigenvalue weighted by Gasteiger charge is 2.22. The van der Waals surface area contributed by atoms with Gasteiger partial charge in [0.2, 0.25) is 5.88 Å². The van der Waals surface area contributed by atoms with Gasteiger partial charge in [0.1, 0.15) is 17.0 Å². The van der Waals surface area contributed by atoms with Crippen LogP contribution in [0.25, 0.3) is 28.2 Å². The van der Waals surface area contributed by atoms with E-state index in [4.69, 9.17) is 9.47 Å². The molecule has 0 aromatic carbocycles. The molecule has 182 valence electrons. The lowest BCUT2D eigenvalue weighted by Crippen LogP contribution is -2.31. The van der Waals surface area contributed by atoms with Crippen LogP contribution in [-0.2, 0) is 13.5 Å². The maximum absolute atomic E-state index is 13.0. The van der Waals surface area contributed by atoms with Crippen LogP contribution in [-0.4, -0.2) is 68.1 Å². The molecule has 0 aliphatic heterocycles. The molecule has 0 unspecified atom stereocenters. The summed E-state index contributed by atoms with van der Waals surface area (Å²) in [6.07, 6.45) is 5.74. The standard InChI is InChI=1S/C24H26BrN7O3/c1-6-14-19(7-2)32(4)30-22(14)24(33)31(3)8-9-35-20-13-27-21(34-5)11-15(20)17-10-16-18(12-26-17)28-29-23(16)25/h6,10-13H,1,7-9H2,2-5H3,(H,28,29). The number of methoxy groups -OCH3 is 1. The van der Waals surface area contributed by atoms with Crippen molar-refractivity contribution in [1.82, 2.24) is 34.8 Å². The van der Waals surface area contributed by atoms with Gasteiger partial charge in [0.05, 0.1) is 37.3 Å². The number of carbonyl (C=O) groups is 1. The summed E-state index contributed by atoms with van der Waals surface area (Å²) in [4.78, 5) is 23.4. The molecule has 0 saturated heterocycles. The van der Waals surface area contributed by atoms with Gasteiger partial charge in [-0.15, -0.1) is 0 Å². The molecule has 0 aliphatic rings. The molecule has 0 spiro atoms. The molecule has 10 nitrogen and oxygen atoms in total. The second-order valence-electron chi connectivity index (χ2n) is 7.82. The van der Waals surface area contributed by atoms with E-state index in [9.17, 15) is 4.79 Å². The third kappa shape index (κ3) is 4.76. The number of ether oxygens (including phenoxy) is 2. The molecule has 0 aliphatic carbocycles. The number of nitrogens with one attached hydrogen (secondary N) is 1. The van der Waals surface area contributed by atoms with Crippen LogP contribution < -0.4 is 9.47 Å². The molecule has 1 amide bonds. The molecule has 4 heterocycles. The van der Waals surface area contributed by atoms with E-state index in [1.54, 1.807) is 48.3 Å². The van der Waals surface area contributed by atoms with Crippen molar-refractivity contribution in [3.63, 3.8) is 0 Å². The lowest BCUT2D eigenvalue weighted by molar-refractivity contribution is 0.0767. The van der Waals surface area contributed by atoms with E-state index in [1.807, 2.05) is 20.0 Å². The number of amides is 1. The van der Waals surface area contributed by atoms with Crippen LogP contribution >= 0.6 is 15.9 Å². The zero-order chi connectivity index (χ0) is 25.1. The summed E-state index contributed by atoms with van der Waals surface area (Å²) in [5, 5.41) is 12.4. The van der Waals surface area contributed by atoms with Gasteiger partial charge < -0.3 is 14.4 Å². The number of likely N-dealkylation sites (N-methyl/N-ethyl adjacent to an activating group) is 1. The number of hydrogen-bond acceptors (Lipinski definition) is 7.